The minimum absolute atomic E-state index is 0.243. The van der Waals surface area contributed by atoms with Crippen molar-refractivity contribution in [3.05, 3.63) is 41.8 Å². The van der Waals surface area contributed by atoms with Crippen molar-refractivity contribution in [3.8, 4) is 0 Å². The molecule has 1 amide bonds. The largest absolute Gasteiger partial charge is 0.444 e. The molecule has 2 aromatic heterocycles. The summed E-state index contributed by atoms with van der Waals surface area (Å²) in [5, 5.41) is 1.38. The first-order chi connectivity index (χ1) is 12.2. The van der Waals surface area contributed by atoms with Crippen LogP contribution >= 0.6 is 11.6 Å². The third-order valence-corrected chi connectivity index (χ3v) is 4.72. The third kappa shape index (κ3) is 4.33. The first-order valence-corrected chi connectivity index (χ1v) is 9.20. The number of rotatable bonds is 2. The molecule has 138 valence electrons. The predicted octanol–water partition coefficient (Wildman–Crippen LogP) is 4.94. The van der Waals surface area contributed by atoms with Crippen LogP contribution in [0.2, 0.25) is 5.15 Å². The van der Waals surface area contributed by atoms with Gasteiger partial charge in [0.25, 0.3) is 0 Å². The van der Waals surface area contributed by atoms with Gasteiger partial charge in [-0.25, -0.2) is 14.8 Å². The van der Waals surface area contributed by atoms with Crippen molar-refractivity contribution in [3.63, 3.8) is 0 Å². The predicted molar refractivity (Wildman–Crippen MR) is 104 cm³/mol. The lowest BCUT2D eigenvalue weighted by atomic mass is 9.88. The molecule has 0 aliphatic carbocycles. The van der Waals surface area contributed by atoms with Crippen molar-refractivity contribution in [2.75, 3.05) is 13.1 Å². The minimum atomic E-state index is -0.470. The highest BCUT2D eigenvalue weighted by molar-refractivity contribution is 6.29. The summed E-state index contributed by atoms with van der Waals surface area (Å²) < 4.78 is 5.45. The zero-order chi connectivity index (χ0) is 18.9. The van der Waals surface area contributed by atoms with Crippen molar-refractivity contribution in [2.45, 2.75) is 39.2 Å². The summed E-state index contributed by atoms with van der Waals surface area (Å²) in [6.07, 6.45) is 3.19. The number of aromatic nitrogens is 2. The highest BCUT2D eigenvalue weighted by atomic mass is 35.5. The van der Waals surface area contributed by atoms with Crippen LogP contribution in [0.4, 0.5) is 4.79 Å². The zero-order valence-electron chi connectivity index (χ0n) is 15.5. The second-order valence-corrected chi connectivity index (χ2v) is 8.05. The summed E-state index contributed by atoms with van der Waals surface area (Å²) >= 11 is 5.97. The number of amides is 1. The van der Waals surface area contributed by atoms with Crippen LogP contribution in [0.1, 0.15) is 39.3 Å². The van der Waals surface area contributed by atoms with Crippen molar-refractivity contribution in [1.29, 1.82) is 0 Å². The molecule has 1 fully saturated rings. The summed E-state index contributed by atoms with van der Waals surface area (Å²) in [5.41, 5.74) is 2.22. The summed E-state index contributed by atoms with van der Waals surface area (Å²) in [6.45, 7) is 11.2. The molecule has 3 heterocycles. The fourth-order valence-electron chi connectivity index (χ4n) is 3.12. The van der Waals surface area contributed by atoms with E-state index in [0.717, 1.165) is 35.0 Å². The van der Waals surface area contributed by atoms with Gasteiger partial charge in [-0.15, -0.1) is 0 Å². The van der Waals surface area contributed by atoms with Crippen molar-refractivity contribution >= 4 is 34.2 Å². The van der Waals surface area contributed by atoms with E-state index in [-0.39, 0.29) is 6.09 Å². The van der Waals surface area contributed by atoms with Crippen molar-refractivity contribution in [2.24, 2.45) is 5.92 Å². The SMILES string of the molecule is C=C(c1ccc2cnc(Cl)cc2n1)C1CCN(C(=O)OC(C)(C)C)CC1. The van der Waals surface area contributed by atoms with Gasteiger partial charge in [-0.2, -0.15) is 0 Å². The summed E-state index contributed by atoms with van der Waals surface area (Å²) in [5.74, 6) is 0.302. The number of pyridine rings is 2. The molecule has 26 heavy (non-hydrogen) atoms. The van der Waals surface area contributed by atoms with Gasteiger partial charge in [-0.1, -0.05) is 18.2 Å². The molecular weight excluding hydrogens is 350 g/mol. The van der Waals surface area contributed by atoms with Gasteiger partial charge < -0.3 is 9.64 Å². The Bertz CT molecular complexity index is 837. The lowest BCUT2D eigenvalue weighted by Gasteiger charge is -2.34. The van der Waals surface area contributed by atoms with Crippen LogP contribution < -0.4 is 0 Å². The van der Waals surface area contributed by atoms with E-state index < -0.39 is 5.60 Å². The quantitative estimate of drug-likeness (QED) is 0.699. The number of likely N-dealkylation sites (tertiary alicyclic amines) is 1. The Morgan fingerprint density at radius 1 is 1.31 bits per heavy atom. The normalized spacial score (nSPS) is 15.9. The third-order valence-electron chi connectivity index (χ3n) is 4.51. The van der Waals surface area contributed by atoms with Crippen LogP contribution in [-0.2, 0) is 4.74 Å². The van der Waals surface area contributed by atoms with E-state index in [2.05, 4.69) is 16.5 Å². The standard InChI is InChI=1S/C20H24ClN3O2/c1-13(16-6-5-15-12-22-18(21)11-17(15)23-16)14-7-9-24(10-8-14)19(25)26-20(2,3)4/h5-6,11-12,14H,1,7-10H2,2-4H3. The molecule has 1 aliphatic rings. The van der Waals surface area contributed by atoms with E-state index in [1.807, 2.05) is 32.9 Å². The Labute approximate surface area is 159 Å². The van der Waals surface area contributed by atoms with Crippen LogP contribution in [-0.4, -0.2) is 39.7 Å². The molecule has 1 aliphatic heterocycles. The molecule has 3 rings (SSSR count). The zero-order valence-corrected chi connectivity index (χ0v) is 16.2. The lowest BCUT2D eigenvalue weighted by molar-refractivity contribution is 0.0200. The Balaban J connectivity index is 1.66. The Kier molecular flexibility index (Phi) is 5.19. The van der Waals surface area contributed by atoms with Gasteiger partial charge in [0, 0.05) is 30.7 Å². The van der Waals surface area contributed by atoms with Crippen LogP contribution in [0.5, 0.6) is 0 Å². The Morgan fingerprint density at radius 2 is 2.00 bits per heavy atom. The number of nitrogens with zero attached hydrogens (tertiary/aromatic N) is 3. The van der Waals surface area contributed by atoms with Gasteiger partial charge in [-0.05, 0) is 57.2 Å². The average Bonchev–Trinajstić information content (AvgIpc) is 2.59. The van der Waals surface area contributed by atoms with Crippen LogP contribution in [0.25, 0.3) is 16.5 Å². The molecule has 0 saturated carbocycles. The van der Waals surface area contributed by atoms with Gasteiger partial charge in [0.1, 0.15) is 10.8 Å². The maximum absolute atomic E-state index is 12.2. The highest BCUT2D eigenvalue weighted by Gasteiger charge is 2.28. The van der Waals surface area contributed by atoms with Gasteiger partial charge in [-0.3, -0.25) is 0 Å². The number of fused-ring (bicyclic) bond motifs is 1. The number of piperidine rings is 1. The molecule has 0 bridgehead atoms. The smallest absolute Gasteiger partial charge is 0.410 e. The number of ether oxygens (including phenoxy) is 1. The number of carbonyl (C=O) groups is 1. The van der Waals surface area contributed by atoms with E-state index >= 15 is 0 Å². The minimum Gasteiger partial charge on any atom is -0.444 e. The molecule has 0 unspecified atom stereocenters. The maximum atomic E-state index is 12.2. The molecule has 0 spiro atoms. The molecule has 0 atom stereocenters. The summed E-state index contributed by atoms with van der Waals surface area (Å²) in [6, 6.07) is 5.72. The first kappa shape index (κ1) is 18.6. The number of carbonyl (C=O) groups excluding carboxylic acids is 1. The van der Waals surface area contributed by atoms with Gasteiger partial charge in [0.15, 0.2) is 0 Å². The second kappa shape index (κ2) is 7.23. The van der Waals surface area contributed by atoms with Gasteiger partial charge >= 0.3 is 6.09 Å². The molecule has 1 saturated heterocycles. The first-order valence-electron chi connectivity index (χ1n) is 8.82. The summed E-state index contributed by atoms with van der Waals surface area (Å²) in [4.78, 5) is 22.7. The number of allylic oxidation sites excluding steroid dienone is 1. The van der Waals surface area contributed by atoms with Crippen molar-refractivity contribution in [1.82, 2.24) is 14.9 Å². The molecule has 0 N–H and O–H groups in total. The van der Waals surface area contributed by atoms with E-state index in [0.29, 0.717) is 24.2 Å². The van der Waals surface area contributed by atoms with Crippen LogP contribution in [0.15, 0.2) is 31.0 Å². The molecule has 0 aromatic carbocycles. The second-order valence-electron chi connectivity index (χ2n) is 7.66. The van der Waals surface area contributed by atoms with E-state index in [1.165, 1.54) is 0 Å². The number of halogens is 1. The maximum Gasteiger partial charge on any atom is 0.410 e. The highest BCUT2D eigenvalue weighted by Crippen LogP contribution is 2.31. The lowest BCUT2D eigenvalue weighted by Crippen LogP contribution is -2.41. The van der Waals surface area contributed by atoms with Crippen LogP contribution in [0, 0.1) is 5.92 Å². The fourth-order valence-corrected chi connectivity index (χ4v) is 3.27. The summed E-state index contributed by atoms with van der Waals surface area (Å²) in [7, 11) is 0. The molecule has 2 aromatic rings. The Hall–Kier alpha value is -2.14. The Morgan fingerprint density at radius 3 is 2.65 bits per heavy atom. The van der Waals surface area contributed by atoms with Gasteiger partial charge in [0.2, 0.25) is 0 Å². The molecule has 0 radical (unpaired) electrons. The van der Waals surface area contributed by atoms with E-state index in [1.54, 1.807) is 17.2 Å². The molecule has 5 nitrogen and oxygen atoms in total. The number of hydrogen-bond donors (Lipinski definition) is 0. The fraction of sp³-hybridized carbons (Fsp3) is 0.450. The molecular formula is C20H24ClN3O2. The topological polar surface area (TPSA) is 55.3 Å². The monoisotopic (exact) mass is 373 g/mol. The van der Waals surface area contributed by atoms with Crippen LogP contribution in [0.3, 0.4) is 0 Å². The number of hydrogen-bond acceptors (Lipinski definition) is 4. The molecule has 6 heteroatoms. The van der Waals surface area contributed by atoms with E-state index in [9.17, 15) is 4.79 Å². The van der Waals surface area contributed by atoms with Gasteiger partial charge in [0.05, 0.1) is 11.2 Å². The average molecular weight is 374 g/mol. The van der Waals surface area contributed by atoms with Crippen molar-refractivity contribution < 1.29 is 9.53 Å². The van der Waals surface area contributed by atoms with E-state index in [4.69, 9.17) is 16.3 Å².